The Bertz CT molecular complexity index is 1730. The van der Waals surface area contributed by atoms with E-state index in [0.717, 1.165) is 54.9 Å². The van der Waals surface area contributed by atoms with E-state index in [0.29, 0.717) is 22.7 Å². The Morgan fingerprint density at radius 2 is 1.69 bits per heavy atom. The Balaban J connectivity index is 1.78. The van der Waals surface area contributed by atoms with Gasteiger partial charge in [0.2, 0.25) is 5.71 Å². The Morgan fingerprint density at radius 3 is 2.53 bits per heavy atom. The zero-order chi connectivity index (χ0) is 22.1. The average molecular weight is 421 g/mol. The molecule has 3 aromatic carbocycles. The highest BCUT2D eigenvalue weighted by molar-refractivity contribution is 6.15. The molecular weight excluding hydrogens is 401 g/mol. The van der Waals surface area contributed by atoms with Crippen LogP contribution in [-0.2, 0) is 0 Å². The van der Waals surface area contributed by atoms with Crippen molar-refractivity contribution in [2.24, 2.45) is 0 Å². The number of fused-ring (bicyclic) bond motifs is 6. The van der Waals surface area contributed by atoms with Gasteiger partial charge in [0.05, 0.1) is 11.2 Å². The van der Waals surface area contributed by atoms with Gasteiger partial charge in [-0.1, -0.05) is 12.1 Å². The molecule has 5 heteroatoms. The number of benzene rings is 3. The molecule has 0 aliphatic carbocycles. The summed E-state index contributed by atoms with van der Waals surface area (Å²) in [5, 5.41) is 4.68. The number of nitrogens with zero attached hydrogens (tertiary/aromatic N) is 3. The fourth-order valence-electron chi connectivity index (χ4n) is 4.81. The van der Waals surface area contributed by atoms with Crippen LogP contribution in [0.25, 0.3) is 55.0 Å². The van der Waals surface area contributed by atoms with Gasteiger partial charge >= 0.3 is 0 Å². The molecule has 6 rings (SSSR count). The average Bonchev–Trinajstić information content (AvgIpc) is 3.17. The van der Waals surface area contributed by atoms with Crippen LogP contribution in [0.5, 0.6) is 0 Å². The minimum atomic E-state index is -0.191. The quantitative estimate of drug-likeness (QED) is 0.265. The molecule has 156 valence electrons. The molecule has 4 nitrogen and oxygen atoms in total. The fourth-order valence-corrected chi connectivity index (χ4v) is 4.81. The Hall–Kier alpha value is -3.86. The Kier molecular flexibility index (Phi) is 3.87. The SMILES string of the molecule is Cc1nc(-c2ccc(C)c3c2oc2ncccc23)c2ccc3cc(C)c(F)c(C)c3c2n1. The van der Waals surface area contributed by atoms with E-state index in [1.165, 1.54) is 0 Å². The van der Waals surface area contributed by atoms with Crippen LogP contribution < -0.4 is 0 Å². The van der Waals surface area contributed by atoms with Crippen LogP contribution in [0.4, 0.5) is 4.39 Å². The van der Waals surface area contributed by atoms with Crippen molar-refractivity contribution in [1.29, 1.82) is 0 Å². The first-order chi connectivity index (χ1) is 15.4. The predicted octanol–water partition coefficient (Wildman–Crippen LogP) is 7.12. The maximum absolute atomic E-state index is 14.8. The first-order valence-corrected chi connectivity index (χ1v) is 10.6. The summed E-state index contributed by atoms with van der Waals surface area (Å²) in [6.07, 6.45) is 1.73. The summed E-state index contributed by atoms with van der Waals surface area (Å²) in [5.74, 6) is 0.437. The molecule has 0 aliphatic rings. The van der Waals surface area contributed by atoms with Crippen LogP contribution in [0.15, 0.2) is 53.1 Å². The monoisotopic (exact) mass is 421 g/mol. The number of pyridine rings is 1. The highest BCUT2D eigenvalue weighted by Gasteiger charge is 2.20. The molecule has 0 aliphatic heterocycles. The van der Waals surface area contributed by atoms with Gasteiger partial charge in [-0.25, -0.2) is 19.3 Å². The number of furan rings is 1. The molecule has 0 saturated carbocycles. The van der Waals surface area contributed by atoms with Gasteiger partial charge in [-0.15, -0.1) is 0 Å². The maximum Gasteiger partial charge on any atom is 0.227 e. The van der Waals surface area contributed by atoms with Gasteiger partial charge in [0.1, 0.15) is 17.2 Å². The van der Waals surface area contributed by atoms with E-state index in [1.807, 2.05) is 50.2 Å². The number of rotatable bonds is 1. The van der Waals surface area contributed by atoms with Crippen molar-refractivity contribution in [3.8, 4) is 11.3 Å². The van der Waals surface area contributed by atoms with Crippen molar-refractivity contribution < 1.29 is 8.81 Å². The molecule has 0 N–H and O–H groups in total. The van der Waals surface area contributed by atoms with Crippen molar-refractivity contribution in [1.82, 2.24) is 15.0 Å². The summed E-state index contributed by atoms with van der Waals surface area (Å²) in [6.45, 7) is 7.55. The minimum absolute atomic E-state index is 0.191. The predicted molar refractivity (Wildman–Crippen MR) is 126 cm³/mol. The van der Waals surface area contributed by atoms with E-state index in [1.54, 1.807) is 13.1 Å². The molecule has 0 unspecified atom stereocenters. The van der Waals surface area contributed by atoms with E-state index < -0.39 is 0 Å². The first-order valence-electron chi connectivity index (χ1n) is 10.6. The van der Waals surface area contributed by atoms with Crippen molar-refractivity contribution in [2.75, 3.05) is 0 Å². The second-order valence-electron chi connectivity index (χ2n) is 8.40. The summed E-state index contributed by atoms with van der Waals surface area (Å²) < 4.78 is 21.0. The molecule has 0 bridgehead atoms. The molecule has 3 heterocycles. The van der Waals surface area contributed by atoms with Crippen molar-refractivity contribution in [3.63, 3.8) is 0 Å². The highest BCUT2D eigenvalue weighted by atomic mass is 19.1. The van der Waals surface area contributed by atoms with Gasteiger partial charge in [-0.2, -0.15) is 0 Å². The van der Waals surface area contributed by atoms with Crippen LogP contribution in [0.1, 0.15) is 22.5 Å². The largest absolute Gasteiger partial charge is 0.437 e. The number of aryl methyl sites for hydroxylation is 4. The van der Waals surface area contributed by atoms with Crippen molar-refractivity contribution >= 4 is 43.7 Å². The molecule has 32 heavy (non-hydrogen) atoms. The number of halogens is 1. The third-order valence-corrected chi connectivity index (χ3v) is 6.30. The maximum atomic E-state index is 14.8. The van der Waals surface area contributed by atoms with Gasteiger partial charge in [0.25, 0.3) is 0 Å². The van der Waals surface area contributed by atoms with Crippen LogP contribution in [-0.4, -0.2) is 15.0 Å². The summed E-state index contributed by atoms with van der Waals surface area (Å²) in [5.41, 5.74) is 6.13. The first kappa shape index (κ1) is 18.9. The van der Waals surface area contributed by atoms with Gasteiger partial charge in [-0.3, -0.25) is 0 Å². The smallest absolute Gasteiger partial charge is 0.227 e. The van der Waals surface area contributed by atoms with Gasteiger partial charge < -0.3 is 4.42 Å². The van der Waals surface area contributed by atoms with Gasteiger partial charge in [0.15, 0.2) is 0 Å². The normalized spacial score (nSPS) is 11.9. The third kappa shape index (κ3) is 2.51. The molecule has 3 aromatic heterocycles. The molecule has 0 radical (unpaired) electrons. The highest BCUT2D eigenvalue weighted by Crippen LogP contribution is 2.40. The van der Waals surface area contributed by atoms with Crippen LogP contribution in [0.3, 0.4) is 0 Å². The van der Waals surface area contributed by atoms with Crippen LogP contribution in [0.2, 0.25) is 0 Å². The summed E-state index contributed by atoms with van der Waals surface area (Å²) >= 11 is 0. The Labute approximate surface area is 183 Å². The zero-order valence-electron chi connectivity index (χ0n) is 18.2. The van der Waals surface area contributed by atoms with Gasteiger partial charge in [-0.05, 0) is 80.1 Å². The van der Waals surface area contributed by atoms with Crippen LogP contribution >= 0.6 is 0 Å². The topological polar surface area (TPSA) is 51.8 Å². The molecule has 6 aromatic rings. The zero-order valence-corrected chi connectivity index (χ0v) is 18.2. The Morgan fingerprint density at radius 1 is 0.844 bits per heavy atom. The minimum Gasteiger partial charge on any atom is -0.437 e. The number of hydrogen-bond donors (Lipinski definition) is 0. The summed E-state index contributed by atoms with van der Waals surface area (Å²) in [4.78, 5) is 14.0. The van der Waals surface area contributed by atoms with Gasteiger partial charge in [0, 0.05) is 33.3 Å². The lowest BCUT2D eigenvalue weighted by molar-refractivity contribution is 0.612. The van der Waals surface area contributed by atoms with Crippen LogP contribution in [0, 0.1) is 33.5 Å². The van der Waals surface area contributed by atoms with E-state index in [9.17, 15) is 4.39 Å². The molecule has 0 spiro atoms. The molecule has 0 saturated heterocycles. The lowest BCUT2D eigenvalue weighted by Gasteiger charge is -2.13. The van der Waals surface area contributed by atoms with E-state index in [2.05, 4.69) is 18.0 Å². The second kappa shape index (κ2) is 6.57. The van der Waals surface area contributed by atoms with E-state index in [4.69, 9.17) is 14.4 Å². The molecule has 0 fully saturated rings. The van der Waals surface area contributed by atoms with Crippen molar-refractivity contribution in [2.45, 2.75) is 27.7 Å². The lowest BCUT2D eigenvalue weighted by Crippen LogP contribution is -1.98. The molecular formula is C27H20FN3O. The fraction of sp³-hybridized carbons (Fsp3) is 0.148. The molecule has 0 amide bonds. The second-order valence-corrected chi connectivity index (χ2v) is 8.40. The molecule has 0 atom stereocenters. The van der Waals surface area contributed by atoms with E-state index >= 15 is 0 Å². The lowest BCUT2D eigenvalue weighted by atomic mass is 9.95. The summed E-state index contributed by atoms with van der Waals surface area (Å²) in [6, 6.07) is 14.0. The third-order valence-electron chi connectivity index (χ3n) is 6.30. The number of aromatic nitrogens is 3. The van der Waals surface area contributed by atoms with E-state index in [-0.39, 0.29) is 5.82 Å². The summed E-state index contributed by atoms with van der Waals surface area (Å²) in [7, 11) is 0. The standard InChI is InChI=1S/C27H20FN3O/c1-13-7-9-20(26-21(13)18-6-5-11-29-27(18)32-26)24-19-10-8-17-12-14(2)23(28)15(3)22(17)25(19)31-16(4)30-24/h5-12H,1-4H3. The van der Waals surface area contributed by atoms with Crippen molar-refractivity contribution in [3.05, 3.63) is 77.0 Å². The number of hydrogen-bond acceptors (Lipinski definition) is 4.